The molecule has 32 heavy (non-hydrogen) atoms. The molecule has 4 aromatic rings. The van der Waals surface area contributed by atoms with Crippen molar-refractivity contribution in [2.75, 3.05) is 11.1 Å². The van der Waals surface area contributed by atoms with E-state index in [4.69, 9.17) is 0 Å². The van der Waals surface area contributed by atoms with Crippen LogP contribution < -0.4 is 10.9 Å². The smallest absolute Gasteiger partial charge is 0.262 e. The molecule has 0 bridgehead atoms. The lowest BCUT2D eigenvalue weighted by Crippen LogP contribution is -2.24. The molecule has 0 saturated heterocycles. The molecule has 0 fully saturated rings. The van der Waals surface area contributed by atoms with Crippen LogP contribution in [0, 0.1) is 6.92 Å². The average molecular weight is 465 g/mol. The van der Waals surface area contributed by atoms with Gasteiger partial charge in [0.05, 0.1) is 27.4 Å². The summed E-state index contributed by atoms with van der Waals surface area (Å²) < 4.78 is 1.69. The first-order valence-electron chi connectivity index (χ1n) is 10.5. The Morgan fingerprint density at radius 2 is 2.00 bits per heavy atom. The van der Waals surface area contributed by atoms with E-state index >= 15 is 0 Å². The number of hydrogen-bond donors (Lipinski definition) is 1. The topological polar surface area (TPSA) is 76.9 Å². The van der Waals surface area contributed by atoms with E-state index in [1.54, 1.807) is 22.0 Å². The number of hydrogen-bond acceptors (Lipinski definition) is 6. The second kappa shape index (κ2) is 10.1. The Bertz CT molecular complexity index is 1310. The number of fused-ring (bicyclic) bond motifs is 1. The van der Waals surface area contributed by atoms with Gasteiger partial charge in [-0.05, 0) is 37.6 Å². The van der Waals surface area contributed by atoms with Crippen LogP contribution in [0.25, 0.3) is 22.2 Å². The van der Waals surface area contributed by atoms with Gasteiger partial charge in [-0.2, -0.15) is 0 Å². The van der Waals surface area contributed by atoms with Crippen LogP contribution >= 0.6 is 23.1 Å². The Hall–Kier alpha value is -2.97. The molecule has 0 aliphatic rings. The summed E-state index contributed by atoms with van der Waals surface area (Å²) in [5.74, 6) is 0.0165. The number of aryl methyl sites for hydroxylation is 1. The van der Waals surface area contributed by atoms with Gasteiger partial charge < -0.3 is 5.32 Å². The second-order valence-corrected chi connectivity index (χ2v) is 9.40. The van der Waals surface area contributed by atoms with Crippen LogP contribution in [0.5, 0.6) is 0 Å². The Morgan fingerprint density at radius 1 is 1.16 bits per heavy atom. The summed E-state index contributed by atoms with van der Waals surface area (Å²) >= 11 is 2.88. The van der Waals surface area contributed by atoms with Crippen molar-refractivity contribution >= 4 is 45.6 Å². The molecule has 4 rings (SSSR count). The number of carbonyl (C=O) groups is 1. The Labute approximate surface area is 194 Å². The second-order valence-electron chi connectivity index (χ2n) is 7.39. The van der Waals surface area contributed by atoms with Crippen molar-refractivity contribution < 1.29 is 4.79 Å². The van der Waals surface area contributed by atoms with Gasteiger partial charge in [0.25, 0.3) is 5.56 Å². The molecule has 8 heteroatoms. The van der Waals surface area contributed by atoms with Gasteiger partial charge in [0, 0.05) is 23.2 Å². The van der Waals surface area contributed by atoms with Gasteiger partial charge in [-0.15, -0.1) is 11.3 Å². The highest BCUT2D eigenvalue weighted by molar-refractivity contribution is 7.99. The van der Waals surface area contributed by atoms with Crippen molar-refractivity contribution in [1.29, 1.82) is 0 Å². The molecule has 2 aromatic carbocycles. The molecule has 0 atom stereocenters. The van der Waals surface area contributed by atoms with Crippen LogP contribution in [-0.4, -0.2) is 26.2 Å². The number of aromatic nitrogens is 3. The SMILES string of the molecule is CCCCn1c(SCC(=O)Nc2cccc(-c3csc(C)n3)c2)nc2ccccc2c1=O. The summed E-state index contributed by atoms with van der Waals surface area (Å²) in [6.07, 6.45) is 1.85. The number of rotatable bonds is 8. The summed E-state index contributed by atoms with van der Waals surface area (Å²) in [4.78, 5) is 34.8. The summed E-state index contributed by atoms with van der Waals surface area (Å²) in [5.41, 5.74) is 3.17. The number of thioether (sulfide) groups is 1. The Balaban J connectivity index is 1.50. The maximum absolute atomic E-state index is 13.0. The average Bonchev–Trinajstić information content (AvgIpc) is 3.24. The molecule has 0 aliphatic heterocycles. The van der Waals surface area contributed by atoms with Crippen molar-refractivity contribution in [2.45, 2.75) is 38.4 Å². The van der Waals surface area contributed by atoms with Gasteiger partial charge in [0.1, 0.15) is 0 Å². The van der Waals surface area contributed by atoms with Crippen molar-refractivity contribution in [3.05, 3.63) is 69.3 Å². The van der Waals surface area contributed by atoms with Crippen molar-refractivity contribution in [1.82, 2.24) is 14.5 Å². The largest absolute Gasteiger partial charge is 0.325 e. The zero-order chi connectivity index (χ0) is 22.5. The van der Waals surface area contributed by atoms with E-state index in [1.807, 2.05) is 54.8 Å². The van der Waals surface area contributed by atoms with E-state index in [2.05, 4.69) is 22.2 Å². The minimum absolute atomic E-state index is 0.0572. The van der Waals surface area contributed by atoms with E-state index in [-0.39, 0.29) is 17.2 Å². The number of nitrogens with zero attached hydrogens (tertiary/aromatic N) is 3. The first-order valence-corrected chi connectivity index (χ1v) is 12.4. The molecule has 6 nitrogen and oxygen atoms in total. The number of amides is 1. The van der Waals surface area contributed by atoms with E-state index < -0.39 is 0 Å². The highest BCUT2D eigenvalue weighted by atomic mass is 32.2. The van der Waals surface area contributed by atoms with Crippen molar-refractivity contribution in [3.8, 4) is 11.3 Å². The lowest BCUT2D eigenvalue weighted by Gasteiger charge is -2.13. The predicted molar refractivity (Wildman–Crippen MR) is 133 cm³/mol. The third-order valence-electron chi connectivity index (χ3n) is 4.96. The number of nitrogens with one attached hydrogen (secondary N) is 1. The van der Waals surface area contributed by atoms with E-state index in [0.29, 0.717) is 28.3 Å². The fourth-order valence-corrected chi connectivity index (χ4v) is 4.80. The lowest BCUT2D eigenvalue weighted by atomic mass is 10.1. The fraction of sp³-hybridized carbons (Fsp3) is 0.250. The molecule has 1 N–H and O–H groups in total. The number of para-hydroxylation sites is 1. The van der Waals surface area contributed by atoms with Crippen molar-refractivity contribution in [2.24, 2.45) is 0 Å². The number of carbonyl (C=O) groups excluding carboxylic acids is 1. The quantitative estimate of drug-likeness (QED) is 0.281. The zero-order valence-corrected chi connectivity index (χ0v) is 19.6. The molecule has 0 aliphatic carbocycles. The van der Waals surface area contributed by atoms with Crippen LogP contribution in [0.1, 0.15) is 24.8 Å². The van der Waals surface area contributed by atoms with E-state index in [1.165, 1.54) is 11.8 Å². The maximum atomic E-state index is 13.0. The third kappa shape index (κ3) is 5.08. The standard InChI is InChI=1S/C24H24N4O2S2/c1-3-4-12-28-23(30)19-10-5-6-11-20(19)27-24(28)32-15-22(29)26-18-9-7-8-17(13-18)21-14-31-16(2)25-21/h5-11,13-14H,3-4,12,15H2,1-2H3,(H,26,29). The lowest BCUT2D eigenvalue weighted by molar-refractivity contribution is -0.113. The van der Waals surface area contributed by atoms with Crippen LogP contribution in [-0.2, 0) is 11.3 Å². The maximum Gasteiger partial charge on any atom is 0.262 e. The molecular weight excluding hydrogens is 440 g/mol. The Kier molecular flexibility index (Phi) is 7.02. The van der Waals surface area contributed by atoms with Gasteiger partial charge in [-0.3, -0.25) is 14.2 Å². The first kappa shape index (κ1) is 22.2. The molecular formula is C24H24N4O2S2. The molecule has 164 valence electrons. The van der Waals surface area contributed by atoms with Crippen LogP contribution in [0.4, 0.5) is 5.69 Å². The molecule has 0 saturated carbocycles. The molecule has 2 heterocycles. The van der Waals surface area contributed by atoms with Crippen molar-refractivity contribution in [3.63, 3.8) is 0 Å². The predicted octanol–water partition coefficient (Wildman–Crippen LogP) is 5.36. The highest BCUT2D eigenvalue weighted by Crippen LogP contribution is 2.25. The summed E-state index contributed by atoms with van der Waals surface area (Å²) in [6, 6.07) is 15.0. The minimum atomic E-state index is -0.147. The van der Waals surface area contributed by atoms with Gasteiger partial charge in [-0.25, -0.2) is 9.97 Å². The van der Waals surface area contributed by atoms with Crippen LogP contribution in [0.3, 0.4) is 0 Å². The minimum Gasteiger partial charge on any atom is -0.325 e. The summed E-state index contributed by atoms with van der Waals surface area (Å²) in [5, 5.41) is 7.13. The van der Waals surface area contributed by atoms with Gasteiger partial charge >= 0.3 is 0 Å². The molecule has 2 aromatic heterocycles. The molecule has 0 radical (unpaired) electrons. The van der Waals surface area contributed by atoms with Crippen LogP contribution in [0.15, 0.2) is 63.9 Å². The third-order valence-corrected chi connectivity index (χ3v) is 6.71. The normalized spacial score (nSPS) is 11.1. The number of anilines is 1. The number of unbranched alkanes of at least 4 members (excludes halogenated alkanes) is 1. The first-order chi connectivity index (χ1) is 15.5. The van der Waals surface area contributed by atoms with Gasteiger partial charge in [0.2, 0.25) is 5.91 Å². The summed E-state index contributed by atoms with van der Waals surface area (Å²) in [6.45, 7) is 4.64. The highest BCUT2D eigenvalue weighted by Gasteiger charge is 2.13. The van der Waals surface area contributed by atoms with Crippen LogP contribution in [0.2, 0.25) is 0 Å². The summed E-state index contributed by atoms with van der Waals surface area (Å²) in [7, 11) is 0. The van der Waals surface area contributed by atoms with E-state index in [0.717, 1.165) is 29.1 Å². The Morgan fingerprint density at radius 3 is 2.78 bits per heavy atom. The zero-order valence-electron chi connectivity index (χ0n) is 18.0. The molecule has 0 unspecified atom stereocenters. The molecule has 1 amide bonds. The number of benzene rings is 2. The van der Waals surface area contributed by atoms with Gasteiger partial charge in [0.15, 0.2) is 5.16 Å². The fourth-order valence-electron chi connectivity index (χ4n) is 3.35. The molecule has 0 spiro atoms. The number of thiazole rings is 1. The van der Waals surface area contributed by atoms with Gasteiger partial charge in [-0.1, -0.05) is 49.4 Å². The monoisotopic (exact) mass is 464 g/mol. The van der Waals surface area contributed by atoms with E-state index in [9.17, 15) is 9.59 Å².